The molecule has 1 aliphatic heterocycles. The van der Waals surface area contributed by atoms with Gasteiger partial charge in [0.1, 0.15) is 0 Å². The zero-order valence-corrected chi connectivity index (χ0v) is 29.6. The summed E-state index contributed by atoms with van der Waals surface area (Å²) in [4.78, 5) is 3.01. The molecule has 0 N–H and O–H groups in total. The van der Waals surface area contributed by atoms with Crippen molar-refractivity contribution in [2.24, 2.45) is 29.6 Å². The summed E-state index contributed by atoms with van der Waals surface area (Å²) in [5.41, 5.74) is 3.64. The van der Waals surface area contributed by atoms with Crippen LogP contribution in [0.1, 0.15) is 77.6 Å². The van der Waals surface area contributed by atoms with Crippen LogP contribution in [-0.2, 0) is 20.8 Å². The van der Waals surface area contributed by atoms with Gasteiger partial charge >= 0.3 is 37.9 Å². The van der Waals surface area contributed by atoms with Crippen LogP contribution in [0.15, 0.2) is 24.3 Å². The second kappa shape index (κ2) is 13.8. The van der Waals surface area contributed by atoms with Crippen LogP contribution in [-0.4, -0.2) is 20.2 Å². The van der Waals surface area contributed by atoms with Crippen LogP contribution in [0.5, 0.6) is 0 Å². The van der Waals surface area contributed by atoms with Crippen molar-refractivity contribution in [3.63, 3.8) is 0 Å². The number of halogens is 3. The third-order valence-electron chi connectivity index (χ3n) is 11.3. The van der Waals surface area contributed by atoms with Crippen molar-refractivity contribution >= 4 is 42.4 Å². The molecule has 8 unspecified atom stereocenters. The molecule has 4 saturated carbocycles. The van der Waals surface area contributed by atoms with Crippen LogP contribution in [0, 0.1) is 44.4 Å². The molecule has 0 radical (unpaired) electrons. The maximum absolute atomic E-state index is 6.34. The molecule has 1 heterocycles. The van der Waals surface area contributed by atoms with Gasteiger partial charge in [0.25, 0.3) is 0 Å². The van der Waals surface area contributed by atoms with Crippen LogP contribution in [0.3, 0.4) is 0 Å². The van der Waals surface area contributed by atoms with Crippen molar-refractivity contribution in [1.82, 2.24) is 0 Å². The van der Waals surface area contributed by atoms with Gasteiger partial charge in [-0.3, -0.25) is 0 Å². The van der Waals surface area contributed by atoms with Crippen LogP contribution >= 0.6 is 28.6 Å². The monoisotopic (exact) mass is 659 g/mol. The van der Waals surface area contributed by atoms with Gasteiger partial charge < -0.3 is 19.8 Å². The third-order valence-corrected chi connectivity index (χ3v) is 16.7. The fourth-order valence-corrected chi connectivity index (χ4v) is 15.6. The quantitative estimate of drug-likeness (QED) is 0.230. The molecule has 37 heavy (non-hydrogen) atoms. The van der Waals surface area contributed by atoms with E-state index in [2.05, 4.69) is 49.2 Å². The number of hydrogen-bond donors (Lipinski definition) is 0. The van der Waals surface area contributed by atoms with Gasteiger partial charge in [-0.2, -0.15) is 0 Å². The molecule has 1 nitrogen and oxygen atoms in total. The van der Waals surface area contributed by atoms with Gasteiger partial charge in [-0.05, 0) is 90.6 Å². The van der Waals surface area contributed by atoms with E-state index in [4.69, 9.17) is 28.6 Å². The van der Waals surface area contributed by atoms with Gasteiger partial charge in [0.2, 0.25) is 0 Å². The van der Waals surface area contributed by atoms with Crippen LogP contribution in [0.25, 0.3) is 0 Å². The van der Waals surface area contributed by atoms with E-state index in [0.717, 1.165) is 57.8 Å². The van der Waals surface area contributed by atoms with E-state index in [-0.39, 0.29) is 14.9 Å². The molecule has 1 saturated heterocycles. The van der Waals surface area contributed by atoms with Crippen molar-refractivity contribution in [3.05, 3.63) is 44.1 Å². The summed E-state index contributed by atoms with van der Waals surface area (Å²) < 4.78 is 0. The number of fused-ring (bicyclic) bond motifs is 5. The predicted molar refractivity (Wildman–Crippen MR) is 165 cm³/mol. The first-order chi connectivity index (χ1) is 16.9. The van der Waals surface area contributed by atoms with Gasteiger partial charge in [-0.1, -0.05) is 76.6 Å². The van der Waals surface area contributed by atoms with E-state index in [0.29, 0.717) is 0 Å². The number of benzene rings is 1. The zero-order chi connectivity index (χ0) is 24.7. The molecular weight excluding hydrogens is 612 g/mol. The molecular formula is C31H50Cl3NSiZr. The fraction of sp³-hybridized carbons (Fsp3) is 0.742. The first kappa shape index (κ1) is 32.5. The first-order valence-corrected chi connectivity index (χ1v) is 24.2. The van der Waals surface area contributed by atoms with Crippen LogP contribution < -0.4 is 4.90 Å². The summed E-state index contributed by atoms with van der Waals surface area (Å²) in [5.74, 6) is 4.79. The Morgan fingerprint density at radius 2 is 1.38 bits per heavy atom. The topological polar surface area (TPSA) is 3.24 Å². The number of nitrogens with zero attached hydrogens (tertiary/aromatic N) is 1. The van der Waals surface area contributed by atoms with Crippen molar-refractivity contribution in [3.8, 4) is 0 Å². The average molecular weight is 662 g/mol. The molecule has 0 spiro atoms. The first-order valence-electron chi connectivity index (χ1n) is 14.4. The Labute approximate surface area is 253 Å². The Morgan fingerprint density at radius 3 is 2.00 bits per heavy atom. The molecule has 5 aliphatic rings. The van der Waals surface area contributed by atoms with Crippen LogP contribution in [0.4, 0.5) is 5.69 Å². The molecule has 5 fully saturated rings. The molecule has 4 aliphatic carbocycles. The summed E-state index contributed by atoms with van der Waals surface area (Å²) in [6.45, 7) is 8.26. The zero-order valence-electron chi connectivity index (χ0n) is 23.9. The van der Waals surface area contributed by atoms with E-state index >= 15 is 0 Å². The fourth-order valence-electron chi connectivity index (χ4n) is 10.1. The Bertz CT molecular complexity index is 845. The minimum absolute atomic E-state index is 0. The van der Waals surface area contributed by atoms with E-state index in [1.807, 2.05) is 0 Å². The maximum atomic E-state index is 6.34. The van der Waals surface area contributed by atoms with Gasteiger partial charge in [0.15, 0.2) is 0 Å². The Morgan fingerprint density at radius 1 is 0.811 bits per heavy atom. The van der Waals surface area contributed by atoms with Crippen molar-refractivity contribution in [2.45, 2.75) is 114 Å². The standard InChI is InChI=1S/C29H44ClNSi.2CH3.2ClH.Zr/c1-19-12-17-26-25(18-19)27-28(31(26)21-15-13-20(30)14-16-21)23-10-6-7-11-24(23)29(27)32(2,3)22-8-4-5-9-22;;;;;/h13-16,19,22-29H,4-12,17-18H2,1-3H3;2*1H3;2*1H;/q;2*-1;;;+4/p-2. The summed E-state index contributed by atoms with van der Waals surface area (Å²) in [6.07, 6.45) is 16.5. The molecule has 0 bridgehead atoms. The molecule has 208 valence electrons. The summed E-state index contributed by atoms with van der Waals surface area (Å²) in [6, 6.07) is 10.6. The molecule has 6 heteroatoms. The van der Waals surface area contributed by atoms with E-state index in [1.165, 1.54) is 63.5 Å². The van der Waals surface area contributed by atoms with E-state index in [9.17, 15) is 0 Å². The molecule has 8 atom stereocenters. The number of anilines is 1. The predicted octanol–water partition coefficient (Wildman–Crippen LogP) is 11.1. The molecule has 1 aromatic carbocycles. The number of hydrogen-bond acceptors (Lipinski definition) is 1. The SMILES string of the molecule is CC1CCC2C(C1)C1C(C3CCCCC3C1[Si](C)(C)C1CCCC1)N2c1ccc(Cl)cc1.[CH3-].[CH3-].[Cl][Zr+2][Cl]. The van der Waals surface area contributed by atoms with Crippen molar-refractivity contribution in [1.29, 1.82) is 0 Å². The van der Waals surface area contributed by atoms with E-state index in [1.54, 1.807) is 12.8 Å². The van der Waals surface area contributed by atoms with E-state index < -0.39 is 28.9 Å². The minimum atomic E-state index is -1.32. The van der Waals surface area contributed by atoms with Gasteiger partial charge in [-0.25, -0.2) is 0 Å². The molecule has 1 aromatic rings. The summed E-state index contributed by atoms with van der Waals surface area (Å²) in [5, 5.41) is 0.882. The average Bonchev–Trinajstić information content (AvgIpc) is 3.56. The van der Waals surface area contributed by atoms with Crippen molar-refractivity contribution in [2.75, 3.05) is 4.90 Å². The van der Waals surface area contributed by atoms with Gasteiger partial charge in [0.05, 0.1) is 8.07 Å². The second-order valence-electron chi connectivity index (χ2n) is 13.1. The Balaban J connectivity index is 0.000000727. The third kappa shape index (κ3) is 6.12. The summed E-state index contributed by atoms with van der Waals surface area (Å²) in [7, 11) is 8.55. The normalized spacial score (nSPS) is 36.6. The van der Waals surface area contributed by atoms with Crippen LogP contribution in [0.2, 0.25) is 29.2 Å². The molecule has 0 amide bonds. The van der Waals surface area contributed by atoms with Gasteiger partial charge in [-0.15, -0.1) is 0 Å². The Kier molecular flexibility index (Phi) is 12.1. The molecule has 6 rings (SSSR count). The second-order valence-corrected chi connectivity index (χ2v) is 22.4. The number of rotatable bonds is 3. The Hall–Kier alpha value is 0.990. The molecule has 0 aromatic heterocycles. The van der Waals surface area contributed by atoms with Crippen molar-refractivity contribution < 1.29 is 20.8 Å². The summed E-state index contributed by atoms with van der Waals surface area (Å²) >= 11 is 5.51. The van der Waals surface area contributed by atoms with Gasteiger partial charge in [0, 0.05) is 22.8 Å².